The van der Waals surface area contributed by atoms with Crippen LogP contribution in [0.4, 0.5) is 10.8 Å². The fraction of sp³-hybridized carbons (Fsp3) is 0.0769. The Hall–Kier alpha value is -2.45. The van der Waals surface area contributed by atoms with Crippen LogP contribution in [-0.4, -0.2) is 27.9 Å². The molecule has 1 heterocycles. The highest BCUT2D eigenvalue weighted by Gasteiger charge is 2.14. The first kappa shape index (κ1) is 15.9. The van der Waals surface area contributed by atoms with E-state index in [1.165, 1.54) is 30.5 Å². The lowest BCUT2D eigenvalue weighted by Gasteiger charge is -2.05. The van der Waals surface area contributed by atoms with Gasteiger partial charge in [-0.25, -0.2) is 9.78 Å². The fourth-order valence-electron chi connectivity index (χ4n) is 1.55. The van der Waals surface area contributed by atoms with E-state index < -0.39 is 11.9 Å². The van der Waals surface area contributed by atoms with E-state index in [4.69, 9.17) is 16.7 Å². The number of halogens is 1. The lowest BCUT2D eigenvalue weighted by atomic mass is 10.2. The number of thiazole rings is 1. The number of carboxylic acids is 1. The van der Waals surface area contributed by atoms with Crippen molar-refractivity contribution >= 4 is 51.5 Å². The van der Waals surface area contributed by atoms with E-state index in [9.17, 15) is 14.4 Å². The maximum atomic E-state index is 12.0. The summed E-state index contributed by atoms with van der Waals surface area (Å²) in [5.41, 5.74) is 0.276. The van der Waals surface area contributed by atoms with Gasteiger partial charge < -0.3 is 15.7 Å². The Kier molecular flexibility index (Phi) is 4.74. The number of nitrogens with zero attached hydrogens (tertiary/aromatic N) is 1. The van der Waals surface area contributed by atoms with Crippen molar-refractivity contribution in [3.8, 4) is 0 Å². The second kappa shape index (κ2) is 6.54. The molecule has 1 aromatic carbocycles. The highest BCUT2D eigenvalue weighted by Crippen LogP contribution is 2.22. The van der Waals surface area contributed by atoms with Gasteiger partial charge in [0.2, 0.25) is 5.91 Å². The van der Waals surface area contributed by atoms with Crippen molar-refractivity contribution in [1.29, 1.82) is 0 Å². The normalized spacial score (nSPS) is 10.1. The predicted molar refractivity (Wildman–Crippen MR) is 82.8 cm³/mol. The number of carbonyl (C=O) groups excluding carboxylic acids is 2. The van der Waals surface area contributed by atoms with Crippen LogP contribution in [-0.2, 0) is 4.79 Å². The average molecular weight is 340 g/mol. The second-order valence-corrected chi connectivity index (χ2v) is 5.44. The van der Waals surface area contributed by atoms with Gasteiger partial charge in [0.25, 0.3) is 5.91 Å². The minimum absolute atomic E-state index is 0.0760. The van der Waals surface area contributed by atoms with Gasteiger partial charge in [-0.2, -0.15) is 0 Å². The van der Waals surface area contributed by atoms with Crippen molar-refractivity contribution in [3.05, 3.63) is 39.9 Å². The number of benzene rings is 1. The molecule has 22 heavy (non-hydrogen) atoms. The Morgan fingerprint density at radius 3 is 2.64 bits per heavy atom. The van der Waals surface area contributed by atoms with Crippen molar-refractivity contribution in [2.45, 2.75) is 6.92 Å². The zero-order chi connectivity index (χ0) is 16.3. The number of anilines is 2. The SMILES string of the molecule is CC(=O)Nc1nc(C(=O)Nc2ccc(Cl)c(C(=O)O)c2)cs1. The maximum Gasteiger partial charge on any atom is 0.337 e. The van der Waals surface area contributed by atoms with E-state index in [-0.39, 0.29) is 27.9 Å². The van der Waals surface area contributed by atoms with E-state index in [0.717, 1.165) is 11.3 Å². The molecule has 0 bridgehead atoms. The molecule has 2 aromatic rings. The Morgan fingerprint density at radius 2 is 2.00 bits per heavy atom. The van der Waals surface area contributed by atoms with Crippen LogP contribution in [0, 0.1) is 0 Å². The number of carboxylic acid groups (broad SMARTS) is 1. The number of nitrogens with one attached hydrogen (secondary N) is 2. The molecule has 0 aliphatic rings. The quantitative estimate of drug-likeness (QED) is 0.793. The molecule has 0 saturated carbocycles. The summed E-state index contributed by atoms with van der Waals surface area (Å²) in [5.74, 6) is -2.00. The number of amides is 2. The van der Waals surface area contributed by atoms with Crippen LogP contribution in [0.25, 0.3) is 0 Å². The van der Waals surface area contributed by atoms with Crippen molar-refractivity contribution in [2.24, 2.45) is 0 Å². The Bertz CT molecular complexity index is 759. The van der Waals surface area contributed by atoms with Crippen molar-refractivity contribution < 1.29 is 19.5 Å². The number of hydrogen-bond acceptors (Lipinski definition) is 5. The van der Waals surface area contributed by atoms with Gasteiger partial charge in [-0.15, -0.1) is 11.3 Å². The lowest BCUT2D eigenvalue weighted by molar-refractivity contribution is -0.114. The summed E-state index contributed by atoms with van der Waals surface area (Å²) in [6.45, 7) is 1.34. The summed E-state index contributed by atoms with van der Waals surface area (Å²) in [6.07, 6.45) is 0. The molecule has 0 fully saturated rings. The maximum absolute atomic E-state index is 12.0. The molecule has 0 atom stereocenters. The predicted octanol–water partition coefficient (Wildman–Crippen LogP) is 2.71. The third-order valence-corrected chi connectivity index (χ3v) is 3.56. The monoisotopic (exact) mass is 339 g/mol. The first-order chi connectivity index (χ1) is 10.4. The third kappa shape index (κ3) is 3.80. The summed E-state index contributed by atoms with van der Waals surface area (Å²) >= 11 is 6.86. The molecule has 2 rings (SSSR count). The van der Waals surface area contributed by atoms with E-state index in [1.54, 1.807) is 0 Å². The molecule has 0 aliphatic carbocycles. The van der Waals surface area contributed by atoms with Gasteiger partial charge in [0.1, 0.15) is 5.69 Å². The molecule has 0 saturated heterocycles. The second-order valence-electron chi connectivity index (χ2n) is 4.17. The zero-order valence-corrected chi connectivity index (χ0v) is 12.8. The van der Waals surface area contributed by atoms with E-state index >= 15 is 0 Å². The molecule has 0 radical (unpaired) electrons. The van der Waals surface area contributed by atoms with Gasteiger partial charge >= 0.3 is 5.97 Å². The topological polar surface area (TPSA) is 108 Å². The van der Waals surface area contributed by atoms with E-state index in [0.29, 0.717) is 5.13 Å². The molecule has 2 amide bonds. The molecular weight excluding hydrogens is 330 g/mol. The fourth-order valence-corrected chi connectivity index (χ4v) is 2.48. The van der Waals surface area contributed by atoms with Crippen LogP contribution >= 0.6 is 22.9 Å². The summed E-state index contributed by atoms with van der Waals surface area (Å²) in [7, 11) is 0. The van der Waals surface area contributed by atoms with E-state index in [1.807, 2.05) is 0 Å². The molecule has 0 spiro atoms. The lowest BCUT2D eigenvalue weighted by Crippen LogP contribution is -2.13. The number of rotatable bonds is 4. The summed E-state index contributed by atoms with van der Waals surface area (Å²) in [5, 5.41) is 15.8. The van der Waals surface area contributed by atoms with E-state index in [2.05, 4.69) is 15.6 Å². The van der Waals surface area contributed by atoms with Gasteiger partial charge in [0.05, 0.1) is 10.6 Å². The molecule has 1 aromatic heterocycles. The molecule has 0 unspecified atom stereocenters. The van der Waals surface area contributed by atoms with Crippen molar-refractivity contribution in [3.63, 3.8) is 0 Å². The third-order valence-electron chi connectivity index (χ3n) is 2.47. The molecule has 7 nitrogen and oxygen atoms in total. The van der Waals surface area contributed by atoms with Crippen molar-refractivity contribution in [2.75, 3.05) is 10.6 Å². The van der Waals surface area contributed by atoms with Crippen LogP contribution in [0.15, 0.2) is 23.6 Å². The minimum atomic E-state index is -1.19. The Morgan fingerprint density at radius 1 is 1.27 bits per heavy atom. The van der Waals surface area contributed by atoms with Gasteiger partial charge in [-0.1, -0.05) is 11.6 Å². The molecule has 114 valence electrons. The van der Waals surface area contributed by atoms with Crippen LogP contribution in [0.1, 0.15) is 27.8 Å². The number of carbonyl (C=O) groups is 3. The number of hydrogen-bond donors (Lipinski definition) is 3. The standard InChI is InChI=1S/C13H10ClN3O4S/c1-6(18)15-13-17-10(5-22-13)11(19)16-7-2-3-9(14)8(4-7)12(20)21/h2-5H,1H3,(H,16,19)(H,20,21)(H,15,17,18). The van der Waals surface area contributed by atoms with Crippen LogP contribution in [0.2, 0.25) is 5.02 Å². The van der Waals surface area contributed by atoms with Gasteiger partial charge in [-0.05, 0) is 18.2 Å². The summed E-state index contributed by atoms with van der Waals surface area (Å²) < 4.78 is 0. The highest BCUT2D eigenvalue weighted by molar-refractivity contribution is 7.14. The van der Waals surface area contributed by atoms with Crippen LogP contribution < -0.4 is 10.6 Å². The van der Waals surface area contributed by atoms with Gasteiger partial charge in [-0.3, -0.25) is 9.59 Å². The molecule has 0 aliphatic heterocycles. The summed E-state index contributed by atoms with van der Waals surface area (Å²) in [6, 6.07) is 4.11. The highest BCUT2D eigenvalue weighted by atomic mass is 35.5. The first-order valence-electron chi connectivity index (χ1n) is 5.94. The van der Waals surface area contributed by atoms with Gasteiger partial charge in [0.15, 0.2) is 5.13 Å². The van der Waals surface area contributed by atoms with Crippen LogP contribution in [0.3, 0.4) is 0 Å². The number of aromatic nitrogens is 1. The average Bonchev–Trinajstić information content (AvgIpc) is 2.88. The number of aromatic carboxylic acids is 1. The molecular formula is C13H10ClN3O4S. The first-order valence-corrected chi connectivity index (χ1v) is 7.20. The summed E-state index contributed by atoms with van der Waals surface area (Å²) in [4.78, 5) is 37.9. The molecule has 3 N–H and O–H groups in total. The largest absolute Gasteiger partial charge is 0.478 e. The zero-order valence-electron chi connectivity index (χ0n) is 11.2. The Balaban J connectivity index is 2.15. The van der Waals surface area contributed by atoms with Crippen molar-refractivity contribution in [1.82, 2.24) is 4.98 Å². The smallest absolute Gasteiger partial charge is 0.337 e. The molecule has 9 heteroatoms. The minimum Gasteiger partial charge on any atom is -0.478 e. The Labute approximate surface area is 133 Å². The van der Waals surface area contributed by atoms with Gasteiger partial charge in [0, 0.05) is 18.0 Å². The van der Waals surface area contributed by atoms with Crippen LogP contribution in [0.5, 0.6) is 0 Å².